The van der Waals surface area contributed by atoms with Crippen molar-refractivity contribution in [2.45, 2.75) is 26.1 Å². The molecular weight excluding hydrogens is 292 g/mol. The SMILES string of the molecule is CCOC(=O)C(CC(=O)OC)OC(=O)OCc1ccccc1. The molecule has 0 aliphatic rings. The van der Waals surface area contributed by atoms with Gasteiger partial charge in [-0.15, -0.1) is 0 Å². The third-order valence-electron chi connectivity index (χ3n) is 2.57. The van der Waals surface area contributed by atoms with Crippen molar-refractivity contribution in [1.29, 1.82) is 0 Å². The van der Waals surface area contributed by atoms with Gasteiger partial charge in [0.2, 0.25) is 6.10 Å². The van der Waals surface area contributed by atoms with Gasteiger partial charge >= 0.3 is 18.1 Å². The second-order valence-electron chi connectivity index (χ2n) is 4.16. The number of esters is 2. The number of ether oxygens (including phenoxy) is 4. The molecule has 0 amide bonds. The van der Waals surface area contributed by atoms with E-state index in [1.54, 1.807) is 31.2 Å². The molecule has 1 aromatic rings. The molecule has 0 radical (unpaired) electrons. The van der Waals surface area contributed by atoms with Gasteiger partial charge in [-0.25, -0.2) is 9.59 Å². The summed E-state index contributed by atoms with van der Waals surface area (Å²) in [5.41, 5.74) is 0.764. The molecule has 0 aromatic heterocycles. The summed E-state index contributed by atoms with van der Waals surface area (Å²) in [6.07, 6.45) is -2.89. The Bertz CT molecular complexity index is 498. The average molecular weight is 310 g/mol. The molecule has 0 N–H and O–H groups in total. The summed E-state index contributed by atoms with van der Waals surface area (Å²) in [4.78, 5) is 34.5. The number of benzene rings is 1. The minimum Gasteiger partial charge on any atom is -0.469 e. The minimum atomic E-state index is -1.39. The average Bonchev–Trinajstić information content (AvgIpc) is 2.53. The van der Waals surface area contributed by atoms with E-state index in [9.17, 15) is 14.4 Å². The maximum absolute atomic E-state index is 11.6. The van der Waals surface area contributed by atoms with Crippen LogP contribution in [-0.2, 0) is 35.1 Å². The third-order valence-corrected chi connectivity index (χ3v) is 2.57. The lowest BCUT2D eigenvalue weighted by molar-refractivity contribution is -0.160. The molecule has 7 nitrogen and oxygen atoms in total. The lowest BCUT2D eigenvalue weighted by Crippen LogP contribution is -2.32. The molecular formula is C15H18O7. The molecule has 1 atom stereocenters. The highest BCUT2D eigenvalue weighted by Gasteiger charge is 2.28. The van der Waals surface area contributed by atoms with E-state index in [0.717, 1.165) is 12.7 Å². The molecule has 0 spiro atoms. The van der Waals surface area contributed by atoms with Gasteiger partial charge in [-0.3, -0.25) is 4.79 Å². The van der Waals surface area contributed by atoms with Crippen LogP contribution in [0.5, 0.6) is 0 Å². The predicted octanol–water partition coefficient (Wildman–Crippen LogP) is 1.83. The number of carbonyl (C=O) groups excluding carboxylic acids is 3. The van der Waals surface area contributed by atoms with Crippen molar-refractivity contribution in [3.63, 3.8) is 0 Å². The molecule has 7 heteroatoms. The Morgan fingerprint density at radius 3 is 2.36 bits per heavy atom. The van der Waals surface area contributed by atoms with Crippen molar-refractivity contribution in [2.24, 2.45) is 0 Å². The molecule has 0 bridgehead atoms. The fourth-order valence-corrected chi connectivity index (χ4v) is 1.51. The molecule has 0 saturated carbocycles. The van der Waals surface area contributed by atoms with Crippen molar-refractivity contribution < 1.29 is 33.3 Å². The third kappa shape index (κ3) is 6.25. The van der Waals surface area contributed by atoms with E-state index < -0.39 is 30.6 Å². The highest BCUT2D eigenvalue weighted by Crippen LogP contribution is 2.07. The largest absolute Gasteiger partial charge is 0.509 e. The standard InChI is InChI=1S/C15H18O7/c1-3-20-14(17)12(9-13(16)19-2)22-15(18)21-10-11-7-5-4-6-8-11/h4-8,12H,3,9-10H2,1-2H3. The summed E-state index contributed by atoms with van der Waals surface area (Å²) in [7, 11) is 1.16. The van der Waals surface area contributed by atoms with Gasteiger partial charge in [-0.1, -0.05) is 30.3 Å². The summed E-state index contributed by atoms with van der Waals surface area (Å²) in [5.74, 6) is -1.53. The van der Waals surface area contributed by atoms with Crippen LogP contribution in [0.25, 0.3) is 0 Å². The quantitative estimate of drug-likeness (QED) is 0.560. The molecule has 0 heterocycles. The van der Waals surface area contributed by atoms with Crippen LogP contribution in [0.4, 0.5) is 4.79 Å². The van der Waals surface area contributed by atoms with Gasteiger partial charge in [-0.2, -0.15) is 0 Å². The Hall–Kier alpha value is -2.57. The van der Waals surface area contributed by atoms with Gasteiger partial charge in [0.1, 0.15) is 6.61 Å². The van der Waals surface area contributed by atoms with Crippen LogP contribution in [-0.4, -0.2) is 37.9 Å². The van der Waals surface area contributed by atoms with Crippen molar-refractivity contribution in [3.8, 4) is 0 Å². The normalized spacial score (nSPS) is 11.2. The number of hydrogen-bond donors (Lipinski definition) is 0. The molecule has 0 fully saturated rings. The Morgan fingerprint density at radius 2 is 1.77 bits per heavy atom. The van der Waals surface area contributed by atoms with E-state index in [1.165, 1.54) is 0 Å². The van der Waals surface area contributed by atoms with E-state index in [1.807, 2.05) is 6.07 Å². The maximum Gasteiger partial charge on any atom is 0.509 e. The molecule has 120 valence electrons. The van der Waals surface area contributed by atoms with Crippen molar-refractivity contribution >= 4 is 18.1 Å². The van der Waals surface area contributed by atoms with E-state index in [-0.39, 0.29) is 13.2 Å². The summed E-state index contributed by atoms with van der Waals surface area (Å²) in [5, 5.41) is 0. The Morgan fingerprint density at radius 1 is 1.09 bits per heavy atom. The monoisotopic (exact) mass is 310 g/mol. The summed E-state index contributed by atoms with van der Waals surface area (Å²) < 4.78 is 18.9. The molecule has 1 unspecified atom stereocenters. The fourth-order valence-electron chi connectivity index (χ4n) is 1.51. The minimum absolute atomic E-state index is 0.00651. The highest BCUT2D eigenvalue weighted by molar-refractivity contribution is 5.83. The van der Waals surface area contributed by atoms with Gasteiger partial charge < -0.3 is 18.9 Å². The van der Waals surface area contributed by atoms with E-state index in [2.05, 4.69) is 4.74 Å². The summed E-state index contributed by atoms with van der Waals surface area (Å²) >= 11 is 0. The van der Waals surface area contributed by atoms with Crippen LogP contribution in [0.2, 0.25) is 0 Å². The van der Waals surface area contributed by atoms with Crippen LogP contribution in [0, 0.1) is 0 Å². The number of carbonyl (C=O) groups is 3. The number of rotatable bonds is 7. The zero-order valence-corrected chi connectivity index (χ0v) is 12.4. The van der Waals surface area contributed by atoms with Crippen LogP contribution in [0.3, 0.4) is 0 Å². The lowest BCUT2D eigenvalue weighted by Gasteiger charge is -2.15. The van der Waals surface area contributed by atoms with Crippen molar-refractivity contribution in [2.75, 3.05) is 13.7 Å². The fraction of sp³-hybridized carbons (Fsp3) is 0.400. The topological polar surface area (TPSA) is 88.1 Å². The zero-order valence-electron chi connectivity index (χ0n) is 12.4. The van der Waals surface area contributed by atoms with Crippen molar-refractivity contribution in [3.05, 3.63) is 35.9 Å². The van der Waals surface area contributed by atoms with E-state index >= 15 is 0 Å². The van der Waals surface area contributed by atoms with Gasteiger partial charge in [0.05, 0.1) is 20.1 Å². The number of methoxy groups -OCH3 is 1. The van der Waals surface area contributed by atoms with Crippen LogP contribution < -0.4 is 0 Å². The van der Waals surface area contributed by atoms with Gasteiger partial charge in [-0.05, 0) is 12.5 Å². The first kappa shape index (κ1) is 17.5. The zero-order chi connectivity index (χ0) is 16.4. The molecule has 22 heavy (non-hydrogen) atoms. The van der Waals surface area contributed by atoms with Gasteiger partial charge in [0.15, 0.2) is 0 Å². The first-order valence-corrected chi connectivity index (χ1v) is 6.67. The van der Waals surface area contributed by atoms with E-state index in [4.69, 9.17) is 14.2 Å². The van der Waals surface area contributed by atoms with Gasteiger partial charge in [0.25, 0.3) is 0 Å². The molecule has 0 aliphatic heterocycles. The first-order valence-electron chi connectivity index (χ1n) is 6.67. The van der Waals surface area contributed by atoms with Crippen LogP contribution in [0.15, 0.2) is 30.3 Å². The summed E-state index contributed by atoms with van der Waals surface area (Å²) in [6.45, 7) is 1.69. The molecule has 0 aliphatic carbocycles. The first-order chi connectivity index (χ1) is 10.6. The Balaban J connectivity index is 2.54. The number of hydrogen-bond acceptors (Lipinski definition) is 7. The Labute approximate surface area is 128 Å². The van der Waals surface area contributed by atoms with Gasteiger partial charge in [0, 0.05) is 0 Å². The van der Waals surface area contributed by atoms with Crippen molar-refractivity contribution in [1.82, 2.24) is 0 Å². The second kappa shape index (κ2) is 9.38. The lowest BCUT2D eigenvalue weighted by atomic mass is 10.2. The van der Waals surface area contributed by atoms with Crippen LogP contribution >= 0.6 is 0 Å². The second-order valence-corrected chi connectivity index (χ2v) is 4.16. The van der Waals surface area contributed by atoms with Crippen LogP contribution in [0.1, 0.15) is 18.9 Å². The summed E-state index contributed by atoms with van der Waals surface area (Å²) in [6, 6.07) is 8.95. The smallest absolute Gasteiger partial charge is 0.469 e. The van der Waals surface area contributed by atoms with E-state index in [0.29, 0.717) is 0 Å². The molecule has 1 rings (SSSR count). The Kier molecular flexibility index (Phi) is 7.45. The highest BCUT2D eigenvalue weighted by atomic mass is 16.7. The molecule has 1 aromatic carbocycles. The predicted molar refractivity (Wildman–Crippen MR) is 74.8 cm³/mol. The molecule has 0 saturated heterocycles. The maximum atomic E-state index is 11.6.